The second kappa shape index (κ2) is 6.37. The lowest BCUT2D eigenvalue weighted by molar-refractivity contribution is -0.177. The van der Waals surface area contributed by atoms with Gasteiger partial charge in [0, 0.05) is 6.92 Å². The summed E-state index contributed by atoms with van der Waals surface area (Å²) >= 11 is 0. The van der Waals surface area contributed by atoms with Crippen LogP contribution in [0.5, 0.6) is 0 Å². The standard InChI is InChI=1S/C6H8O7.Al.3H/c1-2(7)13-4(6(11)12)3(8)5(9)10;;;;/h3-4,8H,1H3,(H,9,10)(H,11,12);;;;. The van der Waals surface area contributed by atoms with Crippen molar-refractivity contribution in [3.05, 3.63) is 0 Å². The van der Waals surface area contributed by atoms with Crippen LogP contribution in [0.25, 0.3) is 0 Å². The summed E-state index contributed by atoms with van der Waals surface area (Å²) in [5, 5.41) is 25.3. The Morgan fingerprint density at radius 1 is 1.14 bits per heavy atom. The zero-order chi connectivity index (χ0) is 10.6. The van der Waals surface area contributed by atoms with Gasteiger partial charge in [-0.15, -0.1) is 0 Å². The maximum atomic E-state index is 10.3. The molecule has 0 rings (SSSR count). The van der Waals surface area contributed by atoms with Gasteiger partial charge in [-0.25, -0.2) is 9.59 Å². The molecule has 0 saturated carbocycles. The lowest BCUT2D eigenvalue weighted by Gasteiger charge is -2.14. The summed E-state index contributed by atoms with van der Waals surface area (Å²) in [6.45, 7) is 0.907. The second-order valence-electron chi connectivity index (χ2n) is 2.15. The second-order valence-corrected chi connectivity index (χ2v) is 2.15. The number of carbonyl (C=O) groups is 3. The minimum atomic E-state index is -2.26. The average Bonchev–Trinajstić information content (AvgIpc) is 1.97. The topological polar surface area (TPSA) is 121 Å². The quantitative estimate of drug-likeness (QED) is 0.348. The highest BCUT2D eigenvalue weighted by Gasteiger charge is 2.34. The zero-order valence-corrected chi connectivity index (χ0v) is 6.63. The van der Waals surface area contributed by atoms with Crippen molar-refractivity contribution < 1.29 is 34.4 Å². The van der Waals surface area contributed by atoms with Crippen molar-refractivity contribution in [3.8, 4) is 0 Å². The van der Waals surface area contributed by atoms with Crippen molar-refractivity contribution in [2.45, 2.75) is 19.1 Å². The predicted octanol–water partition coefficient (Wildman–Crippen LogP) is -2.74. The molecular weight excluding hydrogens is 211 g/mol. The third kappa shape index (κ3) is 4.81. The van der Waals surface area contributed by atoms with E-state index in [1.54, 1.807) is 0 Å². The Morgan fingerprint density at radius 2 is 1.57 bits per heavy atom. The Morgan fingerprint density at radius 3 is 1.79 bits per heavy atom. The lowest BCUT2D eigenvalue weighted by atomic mass is 10.2. The largest absolute Gasteiger partial charge is 0.479 e. The number of aliphatic hydroxyl groups is 1. The Kier molecular flexibility index (Phi) is 7.00. The first-order valence-electron chi connectivity index (χ1n) is 3.17. The van der Waals surface area contributed by atoms with Crippen molar-refractivity contribution in [1.29, 1.82) is 0 Å². The SMILES string of the molecule is CC(=O)OC(C(=O)O)C(O)C(=O)O.[AlH3]. The maximum absolute atomic E-state index is 10.3. The van der Waals surface area contributed by atoms with Crippen LogP contribution in [0.3, 0.4) is 0 Å². The molecule has 0 amide bonds. The number of hydrogen-bond donors (Lipinski definition) is 3. The first-order valence-corrected chi connectivity index (χ1v) is 3.17. The highest BCUT2D eigenvalue weighted by atomic mass is 27.0. The molecule has 0 saturated heterocycles. The highest BCUT2D eigenvalue weighted by Crippen LogP contribution is 2.01. The number of carboxylic acids is 2. The number of aliphatic carboxylic acids is 2. The molecule has 0 heterocycles. The van der Waals surface area contributed by atoms with E-state index in [2.05, 4.69) is 4.74 Å². The van der Waals surface area contributed by atoms with E-state index in [0.717, 1.165) is 6.92 Å². The zero-order valence-electron chi connectivity index (χ0n) is 6.63. The van der Waals surface area contributed by atoms with E-state index in [-0.39, 0.29) is 17.4 Å². The molecule has 8 heteroatoms. The normalized spacial score (nSPS) is 13.3. The molecule has 2 atom stereocenters. The first kappa shape index (κ1) is 15.4. The number of aliphatic hydroxyl groups excluding tert-OH is 1. The molecule has 0 fully saturated rings. The van der Waals surface area contributed by atoms with Crippen molar-refractivity contribution in [2.75, 3.05) is 0 Å². The van der Waals surface area contributed by atoms with Crippen LogP contribution in [0.1, 0.15) is 6.92 Å². The Hall–Kier alpha value is -1.10. The van der Waals surface area contributed by atoms with Crippen LogP contribution in [0.2, 0.25) is 0 Å². The van der Waals surface area contributed by atoms with E-state index in [1.165, 1.54) is 0 Å². The van der Waals surface area contributed by atoms with E-state index >= 15 is 0 Å². The Labute approximate surface area is 89.4 Å². The Balaban J connectivity index is 0. The molecule has 0 aliphatic carbocycles. The Bertz CT molecular complexity index is 238. The molecule has 0 spiro atoms. The fourth-order valence-electron chi connectivity index (χ4n) is 0.558. The molecule has 0 aromatic heterocycles. The minimum Gasteiger partial charge on any atom is -0.479 e. The molecule has 0 bridgehead atoms. The molecule has 7 nitrogen and oxygen atoms in total. The third-order valence-electron chi connectivity index (χ3n) is 1.08. The van der Waals surface area contributed by atoms with Gasteiger partial charge in [0.2, 0.25) is 6.10 Å². The van der Waals surface area contributed by atoms with E-state index in [0.29, 0.717) is 0 Å². The number of rotatable bonds is 4. The van der Waals surface area contributed by atoms with Crippen LogP contribution >= 0.6 is 0 Å². The fraction of sp³-hybridized carbons (Fsp3) is 0.500. The summed E-state index contributed by atoms with van der Waals surface area (Å²) in [6.07, 6.45) is -4.34. The number of ether oxygens (including phenoxy) is 1. The van der Waals surface area contributed by atoms with Crippen LogP contribution in [0.4, 0.5) is 0 Å². The fourth-order valence-corrected chi connectivity index (χ4v) is 0.558. The summed E-state index contributed by atoms with van der Waals surface area (Å²) in [5.74, 6) is -4.47. The molecule has 14 heavy (non-hydrogen) atoms. The molecule has 2 unspecified atom stereocenters. The number of carboxylic acid groups (broad SMARTS) is 2. The van der Waals surface area contributed by atoms with Gasteiger partial charge in [0.15, 0.2) is 23.5 Å². The summed E-state index contributed by atoms with van der Waals surface area (Å²) in [5.41, 5.74) is 0. The highest BCUT2D eigenvalue weighted by molar-refractivity contribution is 5.85. The maximum Gasteiger partial charge on any atom is 0.348 e. The van der Waals surface area contributed by atoms with E-state index in [9.17, 15) is 14.4 Å². The van der Waals surface area contributed by atoms with Gasteiger partial charge in [0.1, 0.15) is 0 Å². The molecule has 0 aromatic carbocycles. The van der Waals surface area contributed by atoms with Crippen molar-refractivity contribution in [3.63, 3.8) is 0 Å². The van der Waals surface area contributed by atoms with Gasteiger partial charge in [0.05, 0.1) is 0 Å². The molecule has 3 N–H and O–H groups in total. The molecule has 0 aliphatic heterocycles. The lowest BCUT2D eigenvalue weighted by Crippen LogP contribution is -2.42. The summed E-state index contributed by atoms with van der Waals surface area (Å²) in [7, 11) is 0. The van der Waals surface area contributed by atoms with Crippen molar-refractivity contribution in [1.82, 2.24) is 0 Å². The van der Waals surface area contributed by atoms with Crippen LogP contribution < -0.4 is 0 Å². The molecule has 0 aliphatic rings. The summed E-state index contributed by atoms with van der Waals surface area (Å²) in [4.78, 5) is 30.7. The van der Waals surface area contributed by atoms with Crippen molar-refractivity contribution >= 4 is 35.3 Å². The smallest absolute Gasteiger partial charge is 0.348 e. The van der Waals surface area contributed by atoms with Crippen molar-refractivity contribution in [2.24, 2.45) is 0 Å². The van der Waals surface area contributed by atoms with Crippen LogP contribution in [0, 0.1) is 0 Å². The van der Waals surface area contributed by atoms with Gasteiger partial charge in [-0.1, -0.05) is 0 Å². The average molecular weight is 222 g/mol. The monoisotopic (exact) mass is 222 g/mol. The third-order valence-corrected chi connectivity index (χ3v) is 1.08. The molecule has 80 valence electrons. The van der Waals surface area contributed by atoms with Crippen LogP contribution in [-0.2, 0) is 19.1 Å². The minimum absolute atomic E-state index is 0. The molecule has 0 radical (unpaired) electrons. The molecule has 0 aromatic rings. The van der Waals surface area contributed by atoms with E-state index in [1.807, 2.05) is 0 Å². The molecular formula is C6H11AlO7. The summed E-state index contributed by atoms with van der Waals surface area (Å²) < 4.78 is 4.07. The van der Waals surface area contributed by atoms with Gasteiger partial charge in [-0.2, -0.15) is 0 Å². The van der Waals surface area contributed by atoms with Crippen LogP contribution in [0.15, 0.2) is 0 Å². The van der Waals surface area contributed by atoms with Gasteiger partial charge in [-0.3, -0.25) is 4.79 Å². The number of hydrogen-bond acceptors (Lipinski definition) is 5. The van der Waals surface area contributed by atoms with Crippen LogP contribution in [-0.4, -0.2) is 62.8 Å². The van der Waals surface area contributed by atoms with E-state index < -0.39 is 30.1 Å². The summed E-state index contributed by atoms with van der Waals surface area (Å²) in [6, 6.07) is 0. The predicted molar refractivity (Wildman–Crippen MR) is 46.8 cm³/mol. The first-order chi connectivity index (χ1) is 5.86. The van der Waals surface area contributed by atoms with Gasteiger partial charge in [-0.05, 0) is 0 Å². The van der Waals surface area contributed by atoms with Gasteiger partial charge < -0.3 is 20.1 Å². The van der Waals surface area contributed by atoms with Gasteiger partial charge in [0.25, 0.3) is 0 Å². The van der Waals surface area contributed by atoms with Gasteiger partial charge >= 0.3 is 17.9 Å². The number of carbonyl (C=O) groups excluding carboxylic acids is 1. The number of esters is 1. The van der Waals surface area contributed by atoms with E-state index in [4.69, 9.17) is 15.3 Å².